The Labute approximate surface area is 174 Å². The third-order valence-electron chi connectivity index (χ3n) is 4.92. The van der Waals surface area contributed by atoms with E-state index in [2.05, 4.69) is 0 Å². The van der Waals surface area contributed by atoms with Gasteiger partial charge in [0.25, 0.3) is 11.5 Å². The van der Waals surface area contributed by atoms with E-state index in [0.717, 1.165) is 0 Å². The number of hydrogen-bond donors (Lipinski definition) is 0. The molecular weight excluding hydrogens is 390 g/mol. The van der Waals surface area contributed by atoms with E-state index in [0.29, 0.717) is 47.0 Å². The molecule has 6 nitrogen and oxygen atoms in total. The van der Waals surface area contributed by atoms with Gasteiger partial charge in [0.05, 0.1) is 23.6 Å². The maximum absolute atomic E-state index is 13.2. The zero-order chi connectivity index (χ0) is 21.0. The van der Waals surface area contributed by atoms with Gasteiger partial charge < -0.3 is 9.64 Å². The fourth-order valence-corrected chi connectivity index (χ4v) is 3.55. The predicted molar refractivity (Wildman–Crippen MR) is 114 cm³/mol. The lowest BCUT2D eigenvalue weighted by Crippen LogP contribution is -2.39. The van der Waals surface area contributed by atoms with Gasteiger partial charge >= 0.3 is 0 Å². The van der Waals surface area contributed by atoms with E-state index in [-0.39, 0.29) is 11.5 Å². The number of benzene rings is 2. The number of aromatic nitrogens is 2. The molecule has 1 amide bonds. The van der Waals surface area contributed by atoms with E-state index in [1.54, 1.807) is 46.9 Å². The van der Waals surface area contributed by atoms with Gasteiger partial charge in [-0.2, -0.15) is 0 Å². The molecule has 3 aromatic rings. The van der Waals surface area contributed by atoms with Crippen LogP contribution < -0.4 is 5.56 Å². The Hall–Kier alpha value is -2.70. The van der Waals surface area contributed by atoms with Crippen LogP contribution >= 0.6 is 11.6 Å². The minimum atomic E-state index is -0.425. The summed E-state index contributed by atoms with van der Waals surface area (Å²) in [6.07, 6.45) is 0. The van der Waals surface area contributed by atoms with Gasteiger partial charge in [-0.1, -0.05) is 29.8 Å². The van der Waals surface area contributed by atoms with E-state index >= 15 is 0 Å². The van der Waals surface area contributed by atoms with Crippen molar-refractivity contribution in [1.29, 1.82) is 0 Å². The first-order chi connectivity index (χ1) is 14.0. The number of nitrogens with zero attached hydrogens (tertiary/aromatic N) is 3. The van der Waals surface area contributed by atoms with Crippen LogP contribution in [0.15, 0.2) is 53.3 Å². The summed E-state index contributed by atoms with van der Waals surface area (Å²) in [5.41, 5.74) is 0.971. The van der Waals surface area contributed by atoms with Crippen molar-refractivity contribution in [2.75, 3.05) is 20.3 Å². The first kappa shape index (κ1) is 21.0. The molecule has 1 unspecified atom stereocenters. The van der Waals surface area contributed by atoms with Gasteiger partial charge in [0.15, 0.2) is 0 Å². The maximum atomic E-state index is 13.2. The number of carbonyl (C=O) groups excluding carboxylic acids is 1. The Balaban J connectivity index is 2.10. The number of carbonyl (C=O) groups is 1. The third-order valence-corrected chi connectivity index (χ3v) is 5.16. The number of hydrogen-bond acceptors (Lipinski definition) is 4. The second-order valence-corrected chi connectivity index (χ2v) is 7.15. The highest BCUT2D eigenvalue weighted by Crippen LogP contribution is 2.23. The summed E-state index contributed by atoms with van der Waals surface area (Å²) in [7, 11) is 1.59. The molecule has 0 spiro atoms. The quantitative estimate of drug-likeness (QED) is 0.589. The van der Waals surface area contributed by atoms with E-state index < -0.39 is 6.04 Å². The molecule has 0 saturated heterocycles. The highest BCUT2D eigenvalue weighted by Gasteiger charge is 2.26. The van der Waals surface area contributed by atoms with Gasteiger partial charge in [-0.3, -0.25) is 14.2 Å². The first-order valence-electron chi connectivity index (χ1n) is 9.52. The molecule has 29 heavy (non-hydrogen) atoms. The molecule has 7 heteroatoms. The smallest absolute Gasteiger partial charge is 0.261 e. The largest absolute Gasteiger partial charge is 0.383 e. The molecule has 0 fully saturated rings. The number of ether oxygens (including phenoxy) is 1. The standard InChI is InChI=1S/C22H24ClN3O3/c1-4-25-20(24-19-11-10-17(23)14-18(19)22(25)28)15(2)26(12-13-29-3)21(27)16-8-6-5-7-9-16/h5-11,14-15H,4,12-13H2,1-3H3. The van der Waals surface area contributed by atoms with Crippen molar-refractivity contribution in [2.24, 2.45) is 0 Å². The molecule has 3 rings (SSSR count). The van der Waals surface area contributed by atoms with Crippen LogP contribution in [0.5, 0.6) is 0 Å². The van der Waals surface area contributed by atoms with Crippen LogP contribution in [-0.2, 0) is 11.3 Å². The summed E-state index contributed by atoms with van der Waals surface area (Å²) in [6.45, 7) is 4.96. The van der Waals surface area contributed by atoms with Crippen molar-refractivity contribution in [1.82, 2.24) is 14.5 Å². The third kappa shape index (κ3) is 4.33. The molecule has 1 aromatic heterocycles. The molecule has 152 valence electrons. The molecule has 1 heterocycles. The van der Waals surface area contributed by atoms with E-state index in [1.165, 1.54) is 0 Å². The summed E-state index contributed by atoms with van der Waals surface area (Å²) in [4.78, 5) is 32.7. The molecule has 0 saturated carbocycles. The molecule has 0 aliphatic heterocycles. The Morgan fingerprint density at radius 3 is 2.62 bits per heavy atom. The Kier molecular flexibility index (Phi) is 6.67. The number of halogens is 1. The van der Waals surface area contributed by atoms with Crippen LogP contribution in [0.3, 0.4) is 0 Å². The van der Waals surface area contributed by atoms with Gasteiger partial charge in [0, 0.05) is 30.8 Å². The lowest BCUT2D eigenvalue weighted by Gasteiger charge is -2.30. The number of fused-ring (bicyclic) bond motifs is 1. The Bertz CT molecular complexity index is 1070. The van der Waals surface area contributed by atoms with E-state index in [1.807, 2.05) is 32.0 Å². The molecule has 0 bridgehead atoms. The van der Waals surface area contributed by atoms with Crippen molar-refractivity contribution < 1.29 is 9.53 Å². The SMILES string of the molecule is CCn1c(C(C)N(CCOC)C(=O)c2ccccc2)nc2ccc(Cl)cc2c1=O. The van der Waals surface area contributed by atoms with Crippen molar-refractivity contribution in [3.8, 4) is 0 Å². The summed E-state index contributed by atoms with van der Waals surface area (Å²) in [6, 6.07) is 13.7. The second kappa shape index (κ2) is 9.20. The van der Waals surface area contributed by atoms with E-state index in [4.69, 9.17) is 21.3 Å². The van der Waals surface area contributed by atoms with E-state index in [9.17, 15) is 9.59 Å². The fourth-order valence-electron chi connectivity index (χ4n) is 3.38. The molecule has 2 aromatic carbocycles. The van der Waals surface area contributed by atoms with Crippen LogP contribution in [0.2, 0.25) is 5.02 Å². The molecule has 0 aliphatic carbocycles. The highest BCUT2D eigenvalue weighted by molar-refractivity contribution is 6.31. The van der Waals surface area contributed by atoms with Crippen LogP contribution in [0.1, 0.15) is 36.1 Å². The minimum Gasteiger partial charge on any atom is -0.383 e. The van der Waals surface area contributed by atoms with Gasteiger partial charge in [0.1, 0.15) is 5.82 Å². The second-order valence-electron chi connectivity index (χ2n) is 6.71. The number of rotatable bonds is 7. The predicted octanol–water partition coefficient (Wildman–Crippen LogP) is 3.92. The Morgan fingerprint density at radius 2 is 1.97 bits per heavy atom. The number of amides is 1. The van der Waals surface area contributed by atoms with Gasteiger partial charge in [-0.15, -0.1) is 0 Å². The normalized spacial score (nSPS) is 12.1. The van der Waals surface area contributed by atoms with Gasteiger partial charge in [0.2, 0.25) is 0 Å². The average Bonchev–Trinajstić information content (AvgIpc) is 2.74. The van der Waals surface area contributed by atoms with Gasteiger partial charge in [-0.05, 0) is 44.2 Å². The molecular formula is C22H24ClN3O3. The van der Waals surface area contributed by atoms with Crippen LogP contribution in [0, 0.1) is 0 Å². The van der Waals surface area contributed by atoms with Crippen LogP contribution in [0.25, 0.3) is 10.9 Å². The van der Waals surface area contributed by atoms with Crippen molar-refractivity contribution in [3.63, 3.8) is 0 Å². The highest BCUT2D eigenvalue weighted by atomic mass is 35.5. The van der Waals surface area contributed by atoms with Crippen molar-refractivity contribution in [2.45, 2.75) is 26.4 Å². The maximum Gasteiger partial charge on any atom is 0.261 e. The van der Waals surface area contributed by atoms with Crippen LogP contribution in [-0.4, -0.2) is 40.6 Å². The zero-order valence-electron chi connectivity index (χ0n) is 16.8. The average molecular weight is 414 g/mol. The summed E-state index contributed by atoms with van der Waals surface area (Å²) in [5.74, 6) is 0.399. The van der Waals surface area contributed by atoms with Crippen molar-refractivity contribution >= 4 is 28.4 Å². The summed E-state index contributed by atoms with van der Waals surface area (Å²) in [5, 5.41) is 0.953. The first-order valence-corrected chi connectivity index (χ1v) is 9.90. The molecule has 0 N–H and O–H groups in total. The topological polar surface area (TPSA) is 64.4 Å². The number of methoxy groups -OCH3 is 1. The molecule has 0 aliphatic rings. The summed E-state index contributed by atoms with van der Waals surface area (Å²) >= 11 is 6.06. The molecule has 1 atom stereocenters. The molecule has 0 radical (unpaired) electrons. The lowest BCUT2D eigenvalue weighted by atomic mass is 10.1. The zero-order valence-corrected chi connectivity index (χ0v) is 17.5. The minimum absolute atomic E-state index is 0.136. The monoisotopic (exact) mass is 413 g/mol. The van der Waals surface area contributed by atoms with Gasteiger partial charge in [-0.25, -0.2) is 4.98 Å². The Morgan fingerprint density at radius 1 is 1.24 bits per heavy atom. The van der Waals surface area contributed by atoms with Crippen molar-refractivity contribution in [3.05, 3.63) is 75.3 Å². The summed E-state index contributed by atoms with van der Waals surface area (Å²) < 4.78 is 6.81. The van der Waals surface area contributed by atoms with Crippen LogP contribution in [0.4, 0.5) is 0 Å². The lowest BCUT2D eigenvalue weighted by molar-refractivity contribution is 0.0603. The fraction of sp³-hybridized carbons (Fsp3) is 0.318.